The van der Waals surface area contributed by atoms with Gasteiger partial charge in [-0.2, -0.15) is 0 Å². The summed E-state index contributed by atoms with van der Waals surface area (Å²) in [6.45, 7) is 11.6. The Morgan fingerprint density at radius 1 is 1.28 bits per heavy atom. The summed E-state index contributed by atoms with van der Waals surface area (Å²) in [6, 6.07) is 2.65. The Morgan fingerprint density at radius 2 is 2.06 bits per heavy atom. The van der Waals surface area contributed by atoms with Gasteiger partial charge in [0.25, 0.3) is 0 Å². The fourth-order valence-corrected chi connectivity index (χ4v) is 1.87. The van der Waals surface area contributed by atoms with Crippen molar-refractivity contribution < 1.29 is 0 Å². The lowest BCUT2D eigenvalue weighted by Gasteiger charge is -2.23. The van der Waals surface area contributed by atoms with E-state index in [1.165, 1.54) is 0 Å². The molecule has 0 saturated heterocycles. The number of hydrogen-bond donors (Lipinski definition) is 1. The molecule has 4 heteroatoms. The number of likely N-dealkylation sites (N-methyl/N-ethyl adjacent to an activating group) is 1. The molecule has 1 N–H and O–H groups in total. The summed E-state index contributed by atoms with van der Waals surface area (Å²) in [7, 11) is 0. The highest BCUT2D eigenvalue weighted by Gasteiger charge is 2.07. The number of aryl methyl sites for hydroxylation is 1. The van der Waals surface area contributed by atoms with Crippen molar-refractivity contribution in [3.05, 3.63) is 18.1 Å². The monoisotopic (exact) mass is 250 g/mol. The van der Waals surface area contributed by atoms with E-state index in [9.17, 15) is 0 Å². The van der Waals surface area contributed by atoms with Gasteiger partial charge in [-0.3, -0.25) is 0 Å². The molecule has 0 aliphatic carbocycles. The summed E-state index contributed by atoms with van der Waals surface area (Å²) in [5.74, 6) is 1.04. The topological polar surface area (TPSA) is 41.0 Å². The van der Waals surface area contributed by atoms with Crippen molar-refractivity contribution in [2.45, 2.75) is 46.6 Å². The molecule has 0 fully saturated rings. The Balaban J connectivity index is 2.60. The van der Waals surface area contributed by atoms with E-state index in [2.05, 4.69) is 53.9 Å². The molecule has 0 aliphatic rings. The minimum Gasteiger partial charge on any atom is -0.356 e. The molecule has 0 saturated carbocycles. The maximum absolute atomic E-state index is 4.38. The lowest BCUT2D eigenvalue weighted by Crippen LogP contribution is -2.35. The molecule has 1 aromatic heterocycles. The molecule has 0 amide bonds. The predicted molar refractivity (Wildman–Crippen MR) is 77.1 cm³/mol. The molecule has 102 valence electrons. The van der Waals surface area contributed by atoms with Crippen LogP contribution in [0.3, 0.4) is 0 Å². The molecule has 0 radical (unpaired) electrons. The van der Waals surface area contributed by atoms with Crippen LogP contribution >= 0.6 is 0 Å². The van der Waals surface area contributed by atoms with Gasteiger partial charge in [0.1, 0.15) is 12.1 Å². The van der Waals surface area contributed by atoms with Gasteiger partial charge in [0.2, 0.25) is 0 Å². The summed E-state index contributed by atoms with van der Waals surface area (Å²) in [6.07, 6.45) is 3.83. The van der Waals surface area contributed by atoms with Crippen molar-refractivity contribution in [1.29, 1.82) is 0 Å². The molecule has 0 aromatic carbocycles. The second-order valence-electron chi connectivity index (χ2n) is 4.81. The first-order chi connectivity index (χ1) is 8.67. The third-order valence-electron chi connectivity index (χ3n) is 2.86. The fraction of sp³-hybridized carbons (Fsp3) is 0.714. The molecule has 0 spiro atoms. The standard InChI is InChI=1S/C14H26N4/c1-5-7-13-10-14(17-11-16-13)18(6-2)9-8-15-12(3)4/h10-12,15H,5-9H2,1-4H3. The third kappa shape index (κ3) is 5.00. The summed E-state index contributed by atoms with van der Waals surface area (Å²) in [4.78, 5) is 11.0. The van der Waals surface area contributed by atoms with E-state index in [-0.39, 0.29) is 0 Å². The molecular weight excluding hydrogens is 224 g/mol. The lowest BCUT2D eigenvalue weighted by molar-refractivity contribution is 0.582. The SMILES string of the molecule is CCCc1cc(N(CC)CCNC(C)C)ncn1. The van der Waals surface area contributed by atoms with Crippen molar-refractivity contribution in [3.8, 4) is 0 Å². The van der Waals surface area contributed by atoms with Crippen molar-refractivity contribution in [2.24, 2.45) is 0 Å². The minimum atomic E-state index is 0.532. The zero-order valence-electron chi connectivity index (χ0n) is 12.1. The first-order valence-corrected chi connectivity index (χ1v) is 6.96. The maximum atomic E-state index is 4.38. The van der Waals surface area contributed by atoms with Crippen LogP contribution in [0.4, 0.5) is 5.82 Å². The number of anilines is 1. The zero-order chi connectivity index (χ0) is 13.4. The number of nitrogens with one attached hydrogen (secondary N) is 1. The van der Waals surface area contributed by atoms with Gasteiger partial charge < -0.3 is 10.2 Å². The van der Waals surface area contributed by atoms with E-state index in [4.69, 9.17) is 0 Å². The minimum absolute atomic E-state index is 0.532. The predicted octanol–water partition coefficient (Wildman–Crippen LogP) is 2.25. The van der Waals surface area contributed by atoms with Gasteiger partial charge in [0, 0.05) is 37.4 Å². The Bertz CT molecular complexity index is 338. The number of aromatic nitrogens is 2. The van der Waals surface area contributed by atoms with E-state index >= 15 is 0 Å². The summed E-state index contributed by atoms with van der Waals surface area (Å²) < 4.78 is 0. The van der Waals surface area contributed by atoms with E-state index in [1.807, 2.05) is 0 Å². The molecule has 0 bridgehead atoms. The van der Waals surface area contributed by atoms with Gasteiger partial charge in [-0.1, -0.05) is 27.2 Å². The van der Waals surface area contributed by atoms with Crippen LogP contribution in [-0.4, -0.2) is 35.6 Å². The number of nitrogens with zero attached hydrogens (tertiary/aromatic N) is 3. The second-order valence-corrected chi connectivity index (χ2v) is 4.81. The first-order valence-electron chi connectivity index (χ1n) is 6.96. The molecule has 1 heterocycles. The summed E-state index contributed by atoms with van der Waals surface area (Å²) in [5.41, 5.74) is 1.14. The molecule has 18 heavy (non-hydrogen) atoms. The second kappa shape index (κ2) is 8.03. The smallest absolute Gasteiger partial charge is 0.132 e. The Kier molecular flexibility index (Phi) is 6.65. The zero-order valence-corrected chi connectivity index (χ0v) is 12.1. The molecule has 1 aromatic rings. The van der Waals surface area contributed by atoms with Crippen LogP contribution in [0.1, 0.15) is 39.8 Å². The lowest BCUT2D eigenvalue weighted by atomic mass is 10.2. The van der Waals surface area contributed by atoms with Gasteiger partial charge in [0.15, 0.2) is 0 Å². The third-order valence-corrected chi connectivity index (χ3v) is 2.86. The normalized spacial score (nSPS) is 10.9. The van der Waals surface area contributed by atoms with Gasteiger partial charge in [0.05, 0.1) is 0 Å². The van der Waals surface area contributed by atoms with Gasteiger partial charge in [-0.15, -0.1) is 0 Å². The molecule has 1 rings (SSSR count). The van der Waals surface area contributed by atoms with Crippen molar-refractivity contribution in [1.82, 2.24) is 15.3 Å². The van der Waals surface area contributed by atoms with Crippen LogP contribution in [0, 0.1) is 0 Å². The average molecular weight is 250 g/mol. The van der Waals surface area contributed by atoms with Crippen molar-refractivity contribution in [2.75, 3.05) is 24.5 Å². The molecule has 0 unspecified atom stereocenters. The maximum Gasteiger partial charge on any atom is 0.132 e. The Morgan fingerprint density at radius 3 is 2.67 bits per heavy atom. The summed E-state index contributed by atoms with van der Waals surface area (Å²) in [5, 5.41) is 3.43. The highest BCUT2D eigenvalue weighted by Crippen LogP contribution is 2.11. The van der Waals surface area contributed by atoms with Crippen LogP contribution in [-0.2, 0) is 6.42 Å². The largest absolute Gasteiger partial charge is 0.356 e. The van der Waals surface area contributed by atoms with Crippen LogP contribution in [0.5, 0.6) is 0 Å². The molecule has 4 nitrogen and oxygen atoms in total. The van der Waals surface area contributed by atoms with Crippen molar-refractivity contribution in [3.63, 3.8) is 0 Å². The van der Waals surface area contributed by atoms with Crippen LogP contribution < -0.4 is 10.2 Å². The average Bonchev–Trinajstić information content (AvgIpc) is 2.35. The van der Waals surface area contributed by atoms with E-state index in [1.54, 1.807) is 6.33 Å². The Labute approximate surface area is 111 Å². The summed E-state index contributed by atoms with van der Waals surface area (Å²) >= 11 is 0. The van der Waals surface area contributed by atoms with E-state index in [0.29, 0.717) is 6.04 Å². The molecule has 0 aliphatic heterocycles. The van der Waals surface area contributed by atoms with Crippen LogP contribution in [0.15, 0.2) is 12.4 Å². The highest BCUT2D eigenvalue weighted by molar-refractivity contribution is 5.38. The van der Waals surface area contributed by atoms with Crippen LogP contribution in [0.2, 0.25) is 0 Å². The van der Waals surface area contributed by atoms with Gasteiger partial charge in [-0.25, -0.2) is 9.97 Å². The van der Waals surface area contributed by atoms with Crippen molar-refractivity contribution >= 4 is 5.82 Å². The highest BCUT2D eigenvalue weighted by atomic mass is 15.2. The van der Waals surface area contributed by atoms with Gasteiger partial charge in [-0.05, 0) is 13.3 Å². The molecular formula is C14H26N4. The number of rotatable bonds is 8. The fourth-order valence-electron chi connectivity index (χ4n) is 1.87. The van der Waals surface area contributed by atoms with Crippen LogP contribution in [0.25, 0.3) is 0 Å². The van der Waals surface area contributed by atoms with E-state index in [0.717, 1.165) is 44.0 Å². The van der Waals surface area contributed by atoms with Gasteiger partial charge >= 0.3 is 0 Å². The molecule has 0 atom stereocenters. The Hall–Kier alpha value is -1.16. The quantitative estimate of drug-likeness (QED) is 0.768. The first kappa shape index (κ1) is 14.9. The number of hydrogen-bond acceptors (Lipinski definition) is 4. The van der Waals surface area contributed by atoms with E-state index < -0.39 is 0 Å².